The second-order valence-corrected chi connectivity index (χ2v) is 13.5. The zero-order valence-corrected chi connectivity index (χ0v) is 25.2. The molecule has 2 rings (SSSR count). The largest absolute Gasteiger partial charge is 0.390 e. The summed E-state index contributed by atoms with van der Waals surface area (Å²) in [5.74, 6) is -0.659. The number of aliphatic hydroxyl groups excluding tert-OH is 6. The van der Waals surface area contributed by atoms with Crippen LogP contribution in [0.15, 0.2) is 0 Å². The Balaban J connectivity index is 1.79. The lowest BCUT2D eigenvalue weighted by Gasteiger charge is -2.43. The molecule has 0 bridgehead atoms. The summed E-state index contributed by atoms with van der Waals surface area (Å²) in [4.78, 5) is 9.67. The van der Waals surface area contributed by atoms with Crippen molar-refractivity contribution in [2.24, 2.45) is 5.92 Å². The molecule has 1 heterocycles. The lowest BCUT2D eigenvalue weighted by Crippen LogP contribution is -2.60. The zero-order valence-electron chi connectivity index (χ0n) is 24.3. The molecule has 41 heavy (non-hydrogen) atoms. The number of methoxy groups -OCH3 is 1. The minimum Gasteiger partial charge on any atom is -0.390 e. The van der Waals surface area contributed by atoms with E-state index in [0.717, 1.165) is 19.3 Å². The fraction of sp³-hybridized carbons (Fsp3) is 1.00. The van der Waals surface area contributed by atoms with Crippen LogP contribution in [0.2, 0.25) is 0 Å². The van der Waals surface area contributed by atoms with E-state index in [9.17, 15) is 40.1 Å². The lowest BCUT2D eigenvalue weighted by molar-refractivity contribution is -0.308. The van der Waals surface area contributed by atoms with Crippen LogP contribution in [0.5, 0.6) is 0 Å². The Bertz CT molecular complexity index is 760. The Kier molecular flexibility index (Phi) is 16.7. The van der Waals surface area contributed by atoms with E-state index < -0.39 is 74.3 Å². The molecule has 0 aromatic heterocycles. The molecular formula is C26H51O14P. The highest BCUT2D eigenvalue weighted by atomic mass is 31.2. The van der Waals surface area contributed by atoms with Crippen molar-refractivity contribution in [2.45, 2.75) is 113 Å². The normalized spacial score (nSPS) is 36.0. The SMILES string of the molecule is COCCCCCOC1CC(COC2OC(COCCCCOP(=O)(O)C(C)C)C(O)C(O)C2O)C(O)C(O)C1O. The maximum absolute atomic E-state index is 11.8. The number of aliphatic hydroxyl groups is 6. The van der Waals surface area contributed by atoms with E-state index in [0.29, 0.717) is 26.1 Å². The van der Waals surface area contributed by atoms with Crippen molar-refractivity contribution >= 4 is 7.60 Å². The van der Waals surface area contributed by atoms with E-state index in [2.05, 4.69) is 0 Å². The van der Waals surface area contributed by atoms with Crippen LogP contribution in [0.25, 0.3) is 0 Å². The van der Waals surface area contributed by atoms with Crippen LogP contribution in [0.1, 0.15) is 52.4 Å². The predicted octanol–water partition coefficient (Wildman–Crippen LogP) is -0.478. The molecule has 0 spiro atoms. The highest BCUT2D eigenvalue weighted by molar-refractivity contribution is 7.53. The molecule has 15 heteroatoms. The Labute approximate surface area is 242 Å². The van der Waals surface area contributed by atoms with Gasteiger partial charge in [-0.05, 0) is 38.5 Å². The van der Waals surface area contributed by atoms with Gasteiger partial charge in [0.1, 0.15) is 36.6 Å². The maximum atomic E-state index is 11.8. The van der Waals surface area contributed by atoms with Crippen molar-refractivity contribution in [1.82, 2.24) is 0 Å². The zero-order chi connectivity index (χ0) is 30.6. The molecular weight excluding hydrogens is 567 g/mol. The smallest absolute Gasteiger partial charge is 0.330 e. The molecule has 11 atom stereocenters. The number of hydrogen-bond acceptors (Lipinski definition) is 13. The average Bonchev–Trinajstić information content (AvgIpc) is 2.93. The molecule has 7 N–H and O–H groups in total. The minimum absolute atomic E-state index is 0.0950. The maximum Gasteiger partial charge on any atom is 0.330 e. The van der Waals surface area contributed by atoms with Gasteiger partial charge in [0, 0.05) is 32.8 Å². The van der Waals surface area contributed by atoms with Gasteiger partial charge in [0.2, 0.25) is 0 Å². The molecule has 244 valence electrons. The van der Waals surface area contributed by atoms with Gasteiger partial charge in [-0.2, -0.15) is 0 Å². The molecule has 0 radical (unpaired) electrons. The third-order valence-corrected chi connectivity index (χ3v) is 9.32. The van der Waals surface area contributed by atoms with Crippen LogP contribution in [0.3, 0.4) is 0 Å². The fourth-order valence-corrected chi connectivity index (χ4v) is 5.32. The minimum atomic E-state index is -3.62. The quantitative estimate of drug-likeness (QED) is 0.0720. The average molecular weight is 619 g/mol. The summed E-state index contributed by atoms with van der Waals surface area (Å²) in [6, 6.07) is 0. The third-order valence-electron chi connectivity index (χ3n) is 7.46. The highest BCUT2D eigenvalue weighted by Crippen LogP contribution is 2.47. The lowest BCUT2D eigenvalue weighted by atomic mass is 9.81. The van der Waals surface area contributed by atoms with Gasteiger partial charge < -0.3 is 63.7 Å². The van der Waals surface area contributed by atoms with E-state index >= 15 is 0 Å². The van der Waals surface area contributed by atoms with Crippen molar-refractivity contribution in [2.75, 3.05) is 46.8 Å². The summed E-state index contributed by atoms with van der Waals surface area (Å²) >= 11 is 0. The van der Waals surface area contributed by atoms with E-state index in [1.165, 1.54) is 0 Å². The second-order valence-electron chi connectivity index (χ2n) is 11.1. The Morgan fingerprint density at radius 2 is 1.39 bits per heavy atom. The third kappa shape index (κ3) is 11.6. The van der Waals surface area contributed by atoms with Gasteiger partial charge in [0.15, 0.2) is 6.29 Å². The highest BCUT2D eigenvalue weighted by Gasteiger charge is 2.47. The first-order valence-electron chi connectivity index (χ1n) is 14.4. The van der Waals surface area contributed by atoms with Crippen LogP contribution in [0, 0.1) is 5.92 Å². The number of rotatable bonds is 19. The van der Waals surface area contributed by atoms with Gasteiger partial charge in [-0.1, -0.05) is 13.8 Å². The van der Waals surface area contributed by atoms with E-state index in [4.69, 9.17) is 28.2 Å². The summed E-state index contributed by atoms with van der Waals surface area (Å²) in [6.07, 6.45) is -8.07. The fourth-order valence-electron chi connectivity index (χ4n) is 4.63. The molecule has 2 aliphatic rings. The van der Waals surface area contributed by atoms with Crippen molar-refractivity contribution in [3.8, 4) is 0 Å². The second kappa shape index (κ2) is 18.5. The topological polar surface area (TPSA) is 214 Å². The summed E-state index contributed by atoms with van der Waals surface area (Å²) in [5, 5.41) is 62.3. The van der Waals surface area contributed by atoms with Crippen LogP contribution < -0.4 is 0 Å². The van der Waals surface area contributed by atoms with Gasteiger partial charge in [0.05, 0.1) is 37.7 Å². The van der Waals surface area contributed by atoms with E-state index in [1.807, 2.05) is 0 Å². The molecule has 14 nitrogen and oxygen atoms in total. The molecule has 11 unspecified atom stereocenters. The first kappa shape index (κ1) is 36.9. The van der Waals surface area contributed by atoms with Crippen molar-refractivity contribution in [3.63, 3.8) is 0 Å². The van der Waals surface area contributed by atoms with Gasteiger partial charge in [-0.3, -0.25) is 4.57 Å². The Morgan fingerprint density at radius 1 is 0.756 bits per heavy atom. The number of hydrogen-bond donors (Lipinski definition) is 7. The van der Waals surface area contributed by atoms with Gasteiger partial charge in [-0.15, -0.1) is 0 Å². The summed E-state index contributed by atoms with van der Waals surface area (Å²) in [5.41, 5.74) is -0.491. The molecule has 1 aliphatic heterocycles. The van der Waals surface area contributed by atoms with Crippen LogP contribution in [-0.4, -0.2) is 143 Å². The molecule has 1 saturated carbocycles. The Hall–Kier alpha value is -0.290. The number of ether oxygens (including phenoxy) is 5. The molecule has 1 aliphatic carbocycles. The first-order chi connectivity index (χ1) is 19.4. The van der Waals surface area contributed by atoms with E-state index in [1.54, 1.807) is 21.0 Å². The van der Waals surface area contributed by atoms with Crippen molar-refractivity contribution in [1.29, 1.82) is 0 Å². The van der Waals surface area contributed by atoms with Crippen LogP contribution in [0.4, 0.5) is 0 Å². The molecule has 2 fully saturated rings. The van der Waals surface area contributed by atoms with Crippen LogP contribution >= 0.6 is 7.60 Å². The first-order valence-corrected chi connectivity index (χ1v) is 16.1. The molecule has 0 aromatic rings. The van der Waals surface area contributed by atoms with Crippen molar-refractivity contribution in [3.05, 3.63) is 0 Å². The number of unbranched alkanes of at least 4 members (excludes halogenated alkanes) is 3. The standard InChI is InChI=1S/C26H51O14P/c1-16(2)41(33,34)39-12-8-7-10-36-15-19-22(29)24(31)25(32)26(40-19)38-14-17-13-18(21(28)23(30)20(17)27)37-11-6-4-5-9-35-3/h16-32H,4-15H2,1-3H3,(H,33,34). The van der Waals surface area contributed by atoms with E-state index in [-0.39, 0.29) is 32.8 Å². The monoisotopic (exact) mass is 618 g/mol. The summed E-state index contributed by atoms with van der Waals surface area (Å²) in [6.45, 7) is 4.25. The Morgan fingerprint density at radius 3 is 2.07 bits per heavy atom. The summed E-state index contributed by atoms with van der Waals surface area (Å²) < 4.78 is 44.5. The van der Waals surface area contributed by atoms with Gasteiger partial charge >= 0.3 is 7.60 Å². The molecule has 0 amide bonds. The molecule has 1 saturated heterocycles. The van der Waals surface area contributed by atoms with Gasteiger partial charge in [0.25, 0.3) is 0 Å². The summed E-state index contributed by atoms with van der Waals surface area (Å²) in [7, 11) is -1.99. The van der Waals surface area contributed by atoms with Gasteiger partial charge in [-0.25, -0.2) is 0 Å². The van der Waals surface area contributed by atoms with Crippen molar-refractivity contribution < 1.29 is 68.3 Å². The van der Waals surface area contributed by atoms with Crippen LogP contribution in [-0.2, 0) is 32.8 Å². The predicted molar refractivity (Wildman–Crippen MR) is 145 cm³/mol. The molecule has 0 aromatic carbocycles.